The number of hydrogen-bond donors (Lipinski definition) is 2. The fraction of sp³-hybridized carbons (Fsp3) is 0.529. The van der Waals surface area contributed by atoms with Crippen molar-refractivity contribution in [2.24, 2.45) is 0 Å². The van der Waals surface area contributed by atoms with Crippen LogP contribution in [0.25, 0.3) is 0 Å². The number of nitrogens with zero attached hydrogens (tertiary/aromatic N) is 1. The Morgan fingerprint density at radius 3 is 2.61 bits per heavy atom. The van der Waals surface area contributed by atoms with Crippen molar-refractivity contribution < 1.29 is 18.9 Å². The van der Waals surface area contributed by atoms with E-state index in [1.54, 1.807) is 24.1 Å². The molecule has 0 fully saturated rings. The lowest BCUT2D eigenvalue weighted by Crippen LogP contribution is -3.17. The summed E-state index contributed by atoms with van der Waals surface area (Å²) >= 11 is 0. The molecule has 0 aliphatic heterocycles. The Morgan fingerprint density at radius 1 is 1.35 bits per heavy atom. The number of nitrogens with one attached hydrogen (secondary N) is 2. The zero-order valence-electron chi connectivity index (χ0n) is 14.4. The van der Waals surface area contributed by atoms with E-state index in [2.05, 4.69) is 5.32 Å². The molecule has 1 unspecified atom stereocenters. The zero-order chi connectivity index (χ0) is 17.4. The van der Waals surface area contributed by atoms with Crippen LogP contribution in [0, 0.1) is 5.82 Å². The van der Waals surface area contributed by atoms with Gasteiger partial charge in [-0.1, -0.05) is 12.1 Å². The van der Waals surface area contributed by atoms with Gasteiger partial charge in [0.05, 0.1) is 6.54 Å². The van der Waals surface area contributed by atoms with Crippen molar-refractivity contribution in [1.29, 1.82) is 0 Å². The zero-order valence-corrected chi connectivity index (χ0v) is 14.4. The molecule has 0 bridgehead atoms. The standard InChI is InChI=1S/C17H26FN3O2/c1-5-19-16(22)12-21(6-2)13(3)17(23)20(4)11-14-8-7-9-15(18)10-14/h7-10,13H,5-6,11-12H2,1-4H3,(H,19,22)/p+1/t13-/m0/s1. The summed E-state index contributed by atoms with van der Waals surface area (Å²) in [5.41, 5.74) is 0.745. The number of amides is 2. The van der Waals surface area contributed by atoms with Crippen LogP contribution >= 0.6 is 0 Å². The van der Waals surface area contributed by atoms with Crippen LogP contribution in [-0.2, 0) is 16.1 Å². The van der Waals surface area contributed by atoms with Crippen LogP contribution in [0.4, 0.5) is 4.39 Å². The van der Waals surface area contributed by atoms with Gasteiger partial charge in [-0.25, -0.2) is 4.39 Å². The Bertz CT molecular complexity index is 536. The second-order valence-electron chi connectivity index (χ2n) is 5.69. The Kier molecular flexibility index (Phi) is 7.68. The number of carbonyl (C=O) groups excluding carboxylic acids is 2. The summed E-state index contributed by atoms with van der Waals surface area (Å²) in [5, 5.41) is 2.75. The van der Waals surface area contributed by atoms with Crippen molar-refractivity contribution in [3.63, 3.8) is 0 Å². The number of halogens is 1. The first-order chi connectivity index (χ1) is 10.9. The minimum absolute atomic E-state index is 0.0585. The van der Waals surface area contributed by atoms with E-state index in [4.69, 9.17) is 0 Å². The molecule has 1 aromatic carbocycles. The maximum absolute atomic E-state index is 13.2. The van der Waals surface area contributed by atoms with Gasteiger partial charge in [-0.05, 0) is 38.5 Å². The number of benzene rings is 1. The van der Waals surface area contributed by atoms with Crippen LogP contribution in [0.15, 0.2) is 24.3 Å². The monoisotopic (exact) mass is 324 g/mol. The van der Waals surface area contributed by atoms with Crippen LogP contribution in [-0.4, -0.2) is 49.4 Å². The highest BCUT2D eigenvalue weighted by Crippen LogP contribution is 2.06. The summed E-state index contributed by atoms with van der Waals surface area (Å²) in [6.45, 7) is 7.51. The molecule has 0 heterocycles. The van der Waals surface area contributed by atoms with Crippen molar-refractivity contribution in [2.45, 2.75) is 33.4 Å². The quantitative estimate of drug-likeness (QED) is 0.718. The lowest BCUT2D eigenvalue weighted by atomic mass is 10.2. The average molecular weight is 324 g/mol. The first-order valence-electron chi connectivity index (χ1n) is 7.99. The molecule has 1 aromatic rings. The van der Waals surface area contributed by atoms with Crippen molar-refractivity contribution in [3.8, 4) is 0 Å². The molecular weight excluding hydrogens is 297 g/mol. The van der Waals surface area contributed by atoms with Gasteiger partial charge >= 0.3 is 0 Å². The van der Waals surface area contributed by atoms with E-state index >= 15 is 0 Å². The minimum Gasteiger partial charge on any atom is -0.351 e. The second-order valence-corrected chi connectivity index (χ2v) is 5.69. The fourth-order valence-corrected chi connectivity index (χ4v) is 2.54. The molecule has 5 nitrogen and oxygen atoms in total. The molecule has 0 aliphatic rings. The molecule has 0 saturated heterocycles. The minimum atomic E-state index is -0.332. The molecule has 128 valence electrons. The highest BCUT2D eigenvalue weighted by atomic mass is 19.1. The number of hydrogen-bond acceptors (Lipinski definition) is 2. The summed E-state index contributed by atoms with van der Waals surface area (Å²) in [6.07, 6.45) is 0. The van der Waals surface area contributed by atoms with Gasteiger partial charge in [0.2, 0.25) is 0 Å². The van der Waals surface area contributed by atoms with Crippen molar-refractivity contribution in [3.05, 3.63) is 35.6 Å². The number of likely N-dealkylation sites (N-methyl/N-ethyl adjacent to an activating group) is 3. The maximum atomic E-state index is 13.2. The van der Waals surface area contributed by atoms with Crippen LogP contribution in [0.1, 0.15) is 26.3 Å². The van der Waals surface area contributed by atoms with Gasteiger partial charge in [-0.15, -0.1) is 0 Å². The van der Waals surface area contributed by atoms with Gasteiger partial charge in [-0.3, -0.25) is 9.59 Å². The van der Waals surface area contributed by atoms with E-state index in [0.29, 0.717) is 19.6 Å². The van der Waals surface area contributed by atoms with Gasteiger partial charge in [0.15, 0.2) is 12.6 Å². The van der Waals surface area contributed by atoms with E-state index in [1.807, 2.05) is 20.8 Å². The molecule has 0 saturated carbocycles. The van der Waals surface area contributed by atoms with Gasteiger partial charge in [-0.2, -0.15) is 0 Å². The molecule has 2 amide bonds. The molecule has 0 aliphatic carbocycles. The number of carbonyl (C=O) groups is 2. The van der Waals surface area contributed by atoms with Crippen molar-refractivity contribution >= 4 is 11.8 Å². The Morgan fingerprint density at radius 2 is 2.04 bits per heavy atom. The molecule has 2 atom stereocenters. The maximum Gasteiger partial charge on any atom is 0.280 e. The summed E-state index contributed by atoms with van der Waals surface area (Å²) in [4.78, 5) is 26.8. The Balaban J connectivity index is 2.67. The fourth-order valence-electron chi connectivity index (χ4n) is 2.54. The number of quaternary nitrogens is 1. The van der Waals surface area contributed by atoms with Gasteiger partial charge in [0.1, 0.15) is 5.82 Å². The van der Waals surface area contributed by atoms with Crippen LogP contribution < -0.4 is 10.2 Å². The van der Waals surface area contributed by atoms with E-state index < -0.39 is 0 Å². The third-order valence-electron chi connectivity index (χ3n) is 3.88. The summed E-state index contributed by atoms with van der Waals surface area (Å²) in [5.74, 6) is -0.430. The van der Waals surface area contributed by atoms with Crippen molar-refractivity contribution in [2.75, 3.05) is 26.7 Å². The number of rotatable bonds is 8. The molecular formula is C17H27FN3O2+. The first-order valence-corrected chi connectivity index (χ1v) is 7.99. The van der Waals surface area contributed by atoms with E-state index in [1.165, 1.54) is 12.1 Å². The second kappa shape index (κ2) is 9.25. The average Bonchev–Trinajstić information content (AvgIpc) is 2.51. The van der Waals surface area contributed by atoms with Crippen LogP contribution in [0.5, 0.6) is 0 Å². The lowest BCUT2D eigenvalue weighted by Gasteiger charge is -2.27. The summed E-state index contributed by atoms with van der Waals surface area (Å²) < 4.78 is 13.2. The van der Waals surface area contributed by atoms with Crippen molar-refractivity contribution in [1.82, 2.24) is 10.2 Å². The van der Waals surface area contributed by atoms with E-state index in [9.17, 15) is 14.0 Å². The molecule has 0 radical (unpaired) electrons. The topological polar surface area (TPSA) is 53.9 Å². The predicted octanol–water partition coefficient (Wildman–Crippen LogP) is 0.214. The van der Waals surface area contributed by atoms with E-state index in [0.717, 1.165) is 10.5 Å². The van der Waals surface area contributed by atoms with E-state index in [-0.39, 0.29) is 30.2 Å². The third kappa shape index (κ3) is 5.98. The molecule has 6 heteroatoms. The molecule has 0 spiro atoms. The van der Waals surface area contributed by atoms with Gasteiger partial charge < -0.3 is 15.1 Å². The Labute approximate surface area is 137 Å². The lowest BCUT2D eigenvalue weighted by molar-refractivity contribution is -0.904. The van der Waals surface area contributed by atoms with Gasteiger partial charge in [0.25, 0.3) is 11.8 Å². The molecule has 1 rings (SSSR count). The van der Waals surface area contributed by atoms with Crippen LogP contribution in [0.3, 0.4) is 0 Å². The van der Waals surface area contributed by atoms with Gasteiger partial charge in [0, 0.05) is 20.1 Å². The first kappa shape index (κ1) is 19.1. The molecule has 2 N–H and O–H groups in total. The third-order valence-corrected chi connectivity index (χ3v) is 3.88. The molecule has 23 heavy (non-hydrogen) atoms. The highest BCUT2D eigenvalue weighted by molar-refractivity contribution is 5.81. The SMILES string of the molecule is CCNC(=O)C[NH+](CC)[C@@H](C)C(=O)N(C)Cc1cccc(F)c1. The molecule has 0 aromatic heterocycles. The normalized spacial score (nSPS) is 13.3. The highest BCUT2D eigenvalue weighted by Gasteiger charge is 2.28. The smallest absolute Gasteiger partial charge is 0.280 e. The predicted molar refractivity (Wildman–Crippen MR) is 87.4 cm³/mol. The Hall–Kier alpha value is -1.95. The summed E-state index contributed by atoms with van der Waals surface area (Å²) in [6, 6.07) is 5.89. The summed E-state index contributed by atoms with van der Waals surface area (Å²) in [7, 11) is 1.70. The van der Waals surface area contributed by atoms with Crippen LogP contribution in [0.2, 0.25) is 0 Å². The largest absolute Gasteiger partial charge is 0.351 e.